The summed E-state index contributed by atoms with van der Waals surface area (Å²) in [5.74, 6) is 0.960. The van der Waals surface area contributed by atoms with E-state index in [0.717, 1.165) is 24.4 Å². The molecule has 1 heterocycles. The van der Waals surface area contributed by atoms with Crippen LogP contribution in [0.5, 0.6) is 0 Å². The van der Waals surface area contributed by atoms with Crippen molar-refractivity contribution >= 4 is 11.8 Å². The van der Waals surface area contributed by atoms with Gasteiger partial charge in [0, 0.05) is 24.4 Å². The molecule has 2 nitrogen and oxygen atoms in total. The van der Waals surface area contributed by atoms with E-state index in [1.165, 1.54) is 0 Å². The van der Waals surface area contributed by atoms with Crippen LogP contribution in [0.15, 0.2) is 6.20 Å². The van der Waals surface area contributed by atoms with Crippen LogP contribution in [0, 0.1) is 6.92 Å². The van der Waals surface area contributed by atoms with Crippen LogP contribution in [0.4, 0.5) is 0 Å². The summed E-state index contributed by atoms with van der Waals surface area (Å²) < 4.78 is 1.57. The molecular weight excluding hydrogens is 148 g/mol. The summed E-state index contributed by atoms with van der Waals surface area (Å²) >= 11 is 5.78. The van der Waals surface area contributed by atoms with Crippen molar-refractivity contribution in [1.29, 1.82) is 0 Å². The number of rotatable bonds is 2. The first-order chi connectivity index (χ1) is 4.74. The summed E-state index contributed by atoms with van der Waals surface area (Å²) in [4.78, 5) is 4.23. The quantitative estimate of drug-likeness (QED) is 0.645. The van der Waals surface area contributed by atoms with Crippen LogP contribution in [0.25, 0.3) is 0 Å². The van der Waals surface area contributed by atoms with E-state index in [2.05, 4.69) is 11.9 Å². The maximum atomic E-state index is 5.78. The lowest BCUT2D eigenvalue weighted by Crippen LogP contribution is -1.90. The van der Waals surface area contributed by atoms with Gasteiger partial charge < -0.3 is 0 Å². The Bertz CT molecular complexity index is 217. The van der Waals surface area contributed by atoms with Gasteiger partial charge in [-0.15, -0.1) is 0 Å². The van der Waals surface area contributed by atoms with E-state index >= 15 is 0 Å². The minimum Gasteiger partial charge on any atom is -0.246 e. The van der Waals surface area contributed by atoms with Gasteiger partial charge in [0.15, 0.2) is 0 Å². The van der Waals surface area contributed by atoms with E-state index in [1.807, 2.05) is 13.1 Å². The van der Waals surface area contributed by atoms with Crippen molar-refractivity contribution in [3.8, 4) is 0 Å². The smallest absolute Gasteiger partial charge is 0.123 e. The third kappa shape index (κ3) is 1.51. The van der Waals surface area contributed by atoms with E-state index in [-0.39, 0.29) is 0 Å². The van der Waals surface area contributed by atoms with Gasteiger partial charge in [-0.05, 0) is 13.3 Å². The second kappa shape index (κ2) is 3.06. The monoisotopic (exact) mass is 158 g/mol. The second-order valence-electron chi connectivity index (χ2n) is 2.36. The second-order valence-corrected chi connectivity index (χ2v) is 2.72. The molecule has 0 bridgehead atoms. The van der Waals surface area contributed by atoms with E-state index < -0.39 is 0 Å². The average Bonchev–Trinajstić information content (AvgIpc) is 2.13. The minimum atomic E-state index is 0.956. The summed E-state index contributed by atoms with van der Waals surface area (Å²) in [6, 6.07) is 0. The number of nitrogens with zero attached hydrogens (tertiary/aromatic N) is 2. The first-order valence-electron chi connectivity index (χ1n) is 3.45. The summed E-state index contributed by atoms with van der Waals surface area (Å²) in [5.41, 5.74) is 0.985. The van der Waals surface area contributed by atoms with Gasteiger partial charge in [-0.2, -0.15) is 0 Å². The van der Waals surface area contributed by atoms with Gasteiger partial charge in [0.1, 0.15) is 5.82 Å². The summed E-state index contributed by atoms with van der Waals surface area (Å²) in [5, 5.41) is 0. The molecule has 10 heavy (non-hydrogen) atoms. The highest BCUT2D eigenvalue weighted by Gasteiger charge is 2.00. The zero-order valence-corrected chi connectivity index (χ0v) is 7.02. The van der Waals surface area contributed by atoms with Crippen molar-refractivity contribution in [3.63, 3.8) is 0 Å². The summed E-state index contributed by atoms with van der Waals surface area (Å²) in [7, 11) is 0. The molecule has 0 aromatic carbocycles. The maximum Gasteiger partial charge on any atom is 0.123 e. The van der Waals surface area contributed by atoms with E-state index in [4.69, 9.17) is 11.8 Å². The molecule has 0 aliphatic heterocycles. The third-order valence-corrected chi connectivity index (χ3v) is 1.62. The van der Waals surface area contributed by atoms with Gasteiger partial charge in [-0.1, -0.05) is 6.92 Å². The number of imidazole rings is 1. The van der Waals surface area contributed by atoms with Crippen molar-refractivity contribution in [3.05, 3.63) is 17.7 Å². The standard InChI is InChI=1S/C7H11ClN2/c1-3-4-7-9-6(2)5-10(7)8/h5H,3-4H2,1-2H3. The molecule has 1 aromatic heterocycles. The first-order valence-corrected chi connectivity index (χ1v) is 3.79. The van der Waals surface area contributed by atoms with Crippen molar-refractivity contribution in [2.24, 2.45) is 0 Å². The van der Waals surface area contributed by atoms with Crippen molar-refractivity contribution < 1.29 is 0 Å². The molecule has 0 saturated carbocycles. The molecule has 0 saturated heterocycles. The van der Waals surface area contributed by atoms with Gasteiger partial charge in [0.2, 0.25) is 0 Å². The zero-order valence-electron chi connectivity index (χ0n) is 6.26. The normalized spacial score (nSPS) is 10.3. The molecule has 1 aromatic rings. The third-order valence-electron chi connectivity index (χ3n) is 1.33. The Hall–Kier alpha value is -0.500. The summed E-state index contributed by atoms with van der Waals surface area (Å²) in [6.45, 7) is 4.05. The van der Waals surface area contributed by atoms with Gasteiger partial charge in [0.25, 0.3) is 0 Å². The fraction of sp³-hybridized carbons (Fsp3) is 0.571. The van der Waals surface area contributed by atoms with E-state index in [9.17, 15) is 0 Å². The molecule has 0 aliphatic rings. The molecule has 0 N–H and O–H groups in total. The topological polar surface area (TPSA) is 17.8 Å². The Morgan fingerprint density at radius 3 is 2.80 bits per heavy atom. The molecule has 3 heteroatoms. The van der Waals surface area contributed by atoms with E-state index in [1.54, 1.807) is 4.09 Å². The molecule has 0 unspecified atom stereocenters. The highest BCUT2D eigenvalue weighted by atomic mass is 35.5. The predicted octanol–water partition coefficient (Wildman–Crippen LogP) is 2.15. The van der Waals surface area contributed by atoms with Gasteiger partial charge in [-0.3, -0.25) is 0 Å². The maximum absolute atomic E-state index is 5.78. The van der Waals surface area contributed by atoms with Crippen LogP contribution in [0.1, 0.15) is 24.9 Å². The van der Waals surface area contributed by atoms with Gasteiger partial charge in [0.05, 0.1) is 5.69 Å². The van der Waals surface area contributed by atoms with Crippen LogP contribution in [-0.2, 0) is 6.42 Å². The number of halogens is 1. The highest BCUT2D eigenvalue weighted by molar-refractivity contribution is 6.15. The average molecular weight is 159 g/mol. The Kier molecular flexibility index (Phi) is 2.33. The van der Waals surface area contributed by atoms with Crippen LogP contribution in [0.3, 0.4) is 0 Å². The molecule has 0 fully saturated rings. The summed E-state index contributed by atoms with van der Waals surface area (Å²) in [6.07, 6.45) is 3.87. The molecule has 56 valence electrons. The number of aromatic nitrogens is 2. The van der Waals surface area contributed by atoms with Crippen molar-refractivity contribution in [2.45, 2.75) is 26.7 Å². The largest absolute Gasteiger partial charge is 0.246 e. The number of aryl methyl sites for hydroxylation is 2. The lowest BCUT2D eigenvalue weighted by atomic mass is 10.3. The van der Waals surface area contributed by atoms with Gasteiger partial charge in [-0.25, -0.2) is 9.07 Å². The van der Waals surface area contributed by atoms with Crippen LogP contribution < -0.4 is 0 Å². The van der Waals surface area contributed by atoms with Crippen LogP contribution >= 0.6 is 11.8 Å². The van der Waals surface area contributed by atoms with Crippen LogP contribution in [-0.4, -0.2) is 9.07 Å². The fourth-order valence-corrected chi connectivity index (χ4v) is 1.17. The lowest BCUT2D eigenvalue weighted by Gasteiger charge is -1.92. The van der Waals surface area contributed by atoms with Gasteiger partial charge >= 0.3 is 0 Å². The Morgan fingerprint density at radius 1 is 1.70 bits per heavy atom. The number of hydrogen-bond acceptors (Lipinski definition) is 1. The molecule has 0 radical (unpaired) electrons. The zero-order chi connectivity index (χ0) is 7.56. The fourth-order valence-electron chi connectivity index (χ4n) is 0.905. The Labute approximate surface area is 65.9 Å². The molecule has 0 atom stereocenters. The molecule has 0 aliphatic carbocycles. The Balaban J connectivity index is 2.81. The molecular formula is C7H11ClN2. The Morgan fingerprint density at radius 2 is 2.40 bits per heavy atom. The molecule has 0 spiro atoms. The predicted molar refractivity (Wildman–Crippen MR) is 42.2 cm³/mol. The number of hydrogen-bond donors (Lipinski definition) is 0. The van der Waals surface area contributed by atoms with Crippen LogP contribution in [0.2, 0.25) is 0 Å². The molecule has 0 amide bonds. The SMILES string of the molecule is CCCc1nc(C)cn1Cl. The highest BCUT2D eigenvalue weighted by Crippen LogP contribution is 2.05. The van der Waals surface area contributed by atoms with Crippen molar-refractivity contribution in [2.75, 3.05) is 0 Å². The first kappa shape index (κ1) is 7.61. The van der Waals surface area contributed by atoms with Crippen molar-refractivity contribution in [1.82, 2.24) is 9.07 Å². The minimum absolute atomic E-state index is 0.956. The van der Waals surface area contributed by atoms with E-state index in [0.29, 0.717) is 0 Å². The lowest BCUT2D eigenvalue weighted by molar-refractivity contribution is 0.837. The molecule has 1 rings (SSSR count).